The lowest BCUT2D eigenvalue weighted by atomic mass is 9.91. The van der Waals surface area contributed by atoms with Gasteiger partial charge in [0.1, 0.15) is 17.7 Å². The van der Waals surface area contributed by atoms with Crippen molar-refractivity contribution in [3.05, 3.63) is 35.6 Å². The molecule has 6 nitrogen and oxygen atoms in total. The van der Waals surface area contributed by atoms with E-state index in [1.807, 2.05) is 31.7 Å². The van der Waals surface area contributed by atoms with Crippen LogP contribution >= 0.6 is 0 Å². The molecule has 3 heterocycles. The fraction of sp³-hybridized carbons (Fsp3) is 0.625. The minimum absolute atomic E-state index is 0.269. The third-order valence-corrected chi connectivity index (χ3v) is 4.63. The van der Waals surface area contributed by atoms with Crippen LogP contribution < -0.4 is 0 Å². The summed E-state index contributed by atoms with van der Waals surface area (Å²) >= 11 is 0. The number of rotatable bonds is 4. The summed E-state index contributed by atoms with van der Waals surface area (Å²) in [5, 5.41) is 10.5. The van der Waals surface area contributed by atoms with E-state index in [-0.39, 0.29) is 5.92 Å². The lowest BCUT2D eigenvalue weighted by Crippen LogP contribution is -2.35. The minimum Gasteiger partial charge on any atom is -0.444 e. The van der Waals surface area contributed by atoms with Crippen LogP contribution in [-0.4, -0.2) is 37.6 Å². The molecule has 0 spiro atoms. The largest absolute Gasteiger partial charge is 0.444 e. The lowest BCUT2D eigenvalue weighted by Gasteiger charge is -2.33. The van der Waals surface area contributed by atoms with E-state index >= 15 is 0 Å². The summed E-state index contributed by atoms with van der Waals surface area (Å²) in [7, 11) is 1.92. The predicted molar refractivity (Wildman–Crippen MR) is 82.1 cm³/mol. The molecule has 1 aliphatic heterocycles. The molecule has 22 heavy (non-hydrogen) atoms. The molecule has 0 saturated carbocycles. The highest BCUT2D eigenvalue weighted by Crippen LogP contribution is 2.30. The van der Waals surface area contributed by atoms with Crippen molar-refractivity contribution in [1.82, 2.24) is 19.4 Å². The second-order valence-corrected chi connectivity index (χ2v) is 6.20. The number of oxazole rings is 1. The Bertz CT molecular complexity index is 606. The van der Waals surface area contributed by atoms with Crippen LogP contribution in [0.5, 0.6) is 0 Å². The summed E-state index contributed by atoms with van der Waals surface area (Å²) in [5.41, 5.74) is 0.968. The number of hydrogen-bond donors (Lipinski definition) is 1. The molecule has 2 aromatic rings. The number of imidazole rings is 1. The van der Waals surface area contributed by atoms with Gasteiger partial charge in [-0.3, -0.25) is 4.90 Å². The van der Waals surface area contributed by atoms with E-state index in [9.17, 15) is 5.11 Å². The van der Waals surface area contributed by atoms with Gasteiger partial charge in [0.25, 0.3) is 0 Å². The van der Waals surface area contributed by atoms with Crippen molar-refractivity contribution in [2.24, 2.45) is 13.0 Å². The first-order valence-corrected chi connectivity index (χ1v) is 7.85. The van der Waals surface area contributed by atoms with Gasteiger partial charge in [-0.2, -0.15) is 0 Å². The van der Waals surface area contributed by atoms with Crippen molar-refractivity contribution in [2.75, 3.05) is 13.1 Å². The molecule has 0 aromatic carbocycles. The van der Waals surface area contributed by atoms with E-state index in [2.05, 4.69) is 14.9 Å². The standard InChI is InChI=1S/C16H24N4O2/c1-11-12(2)22-14(18-11)10-20-7-4-13(5-8-20)15(21)16-17-6-9-19(16)3/h6,9,13,15,21H,4-5,7-8,10H2,1-3H3. The number of nitrogens with zero attached hydrogens (tertiary/aromatic N) is 4. The average Bonchev–Trinajstić information content (AvgIpc) is 3.05. The summed E-state index contributed by atoms with van der Waals surface area (Å²) in [4.78, 5) is 11.0. The molecule has 120 valence electrons. The molecule has 0 bridgehead atoms. The number of hydrogen-bond acceptors (Lipinski definition) is 5. The zero-order valence-corrected chi connectivity index (χ0v) is 13.5. The Morgan fingerprint density at radius 2 is 2.09 bits per heavy atom. The third kappa shape index (κ3) is 3.08. The van der Waals surface area contributed by atoms with Gasteiger partial charge in [-0.15, -0.1) is 0 Å². The maximum Gasteiger partial charge on any atom is 0.208 e. The first kappa shape index (κ1) is 15.2. The molecule has 6 heteroatoms. The summed E-state index contributed by atoms with van der Waals surface area (Å²) < 4.78 is 7.55. The highest BCUT2D eigenvalue weighted by molar-refractivity contribution is 5.05. The van der Waals surface area contributed by atoms with Crippen molar-refractivity contribution in [3.8, 4) is 0 Å². The lowest BCUT2D eigenvalue weighted by molar-refractivity contribution is 0.0470. The molecule has 3 rings (SSSR count). The number of likely N-dealkylation sites (tertiary alicyclic amines) is 1. The Morgan fingerprint density at radius 3 is 2.64 bits per heavy atom. The monoisotopic (exact) mass is 304 g/mol. The fourth-order valence-corrected chi connectivity index (χ4v) is 3.10. The molecule has 1 atom stereocenters. The number of aliphatic hydroxyl groups excluding tert-OH is 1. The minimum atomic E-state index is -0.478. The van der Waals surface area contributed by atoms with Gasteiger partial charge in [-0.1, -0.05) is 0 Å². The van der Waals surface area contributed by atoms with E-state index in [4.69, 9.17) is 4.42 Å². The zero-order valence-electron chi connectivity index (χ0n) is 13.5. The molecule has 0 aliphatic carbocycles. The smallest absolute Gasteiger partial charge is 0.208 e. The highest BCUT2D eigenvalue weighted by atomic mass is 16.4. The molecule has 0 radical (unpaired) electrons. The SMILES string of the molecule is Cc1nc(CN2CCC(C(O)c3nccn3C)CC2)oc1C. The number of piperidine rings is 1. The van der Waals surface area contributed by atoms with Gasteiger partial charge in [0.05, 0.1) is 12.2 Å². The van der Waals surface area contributed by atoms with Gasteiger partial charge < -0.3 is 14.1 Å². The van der Waals surface area contributed by atoms with Crippen molar-refractivity contribution in [1.29, 1.82) is 0 Å². The van der Waals surface area contributed by atoms with Gasteiger partial charge >= 0.3 is 0 Å². The van der Waals surface area contributed by atoms with Crippen molar-refractivity contribution >= 4 is 0 Å². The second-order valence-electron chi connectivity index (χ2n) is 6.20. The molecule has 1 N–H and O–H groups in total. The predicted octanol–water partition coefficient (Wildman–Crippen LogP) is 1.97. The molecule has 2 aromatic heterocycles. The van der Waals surface area contributed by atoms with Crippen LogP contribution in [0.1, 0.15) is 42.1 Å². The van der Waals surface area contributed by atoms with Crippen LogP contribution in [-0.2, 0) is 13.6 Å². The Labute approximate surface area is 130 Å². The Balaban J connectivity index is 1.55. The van der Waals surface area contributed by atoms with Crippen LogP contribution in [0, 0.1) is 19.8 Å². The van der Waals surface area contributed by atoms with Crippen molar-refractivity contribution < 1.29 is 9.52 Å². The summed E-state index contributed by atoms with van der Waals surface area (Å²) in [6.07, 6.45) is 5.06. The second kappa shape index (κ2) is 6.22. The molecule has 1 fully saturated rings. The van der Waals surface area contributed by atoms with Crippen LogP contribution in [0.4, 0.5) is 0 Å². The molecule has 0 amide bonds. The molecule has 1 aliphatic rings. The zero-order chi connectivity index (χ0) is 15.7. The van der Waals surface area contributed by atoms with Crippen molar-refractivity contribution in [3.63, 3.8) is 0 Å². The van der Waals surface area contributed by atoms with E-state index in [1.54, 1.807) is 6.20 Å². The normalized spacial score (nSPS) is 18.7. The maximum atomic E-state index is 10.5. The topological polar surface area (TPSA) is 67.3 Å². The van der Waals surface area contributed by atoms with E-state index < -0.39 is 6.10 Å². The highest BCUT2D eigenvalue weighted by Gasteiger charge is 2.28. The van der Waals surface area contributed by atoms with Gasteiger partial charge in [-0.25, -0.2) is 9.97 Å². The van der Waals surface area contributed by atoms with Crippen LogP contribution in [0.2, 0.25) is 0 Å². The maximum absolute atomic E-state index is 10.5. The first-order chi connectivity index (χ1) is 10.5. The molecular weight excluding hydrogens is 280 g/mol. The van der Waals surface area contributed by atoms with Gasteiger partial charge in [0.15, 0.2) is 0 Å². The Hall–Kier alpha value is -1.66. The quantitative estimate of drug-likeness (QED) is 0.935. The number of aliphatic hydroxyl groups is 1. The third-order valence-electron chi connectivity index (χ3n) is 4.63. The molecule has 1 saturated heterocycles. The first-order valence-electron chi connectivity index (χ1n) is 7.85. The van der Waals surface area contributed by atoms with Crippen LogP contribution in [0.3, 0.4) is 0 Å². The Kier molecular flexibility index (Phi) is 4.31. The van der Waals surface area contributed by atoms with Gasteiger partial charge in [0.2, 0.25) is 5.89 Å². The molecule has 1 unspecified atom stereocenters. The number of aryl methyl sites for hydroxylation is 3. The molecular formula is C16H24N4O2. The van der Waals surface area contributed by atoms with Gasteiger partial charge in [0, 0.05) is 19.4 Å². The summed E-state index contributed by atoms with van der Waals surface area (Å²) in [6.45, 7) is 6.57. The van der Waals surface area contributed by atoms with E-state index in [0.29, 0.717) is 0 Å². The Morgan fingerprint density at radius 1 is 1.36 bits per heavy atom. The summed E-state index contributed by atoms with van der Waals surface area (Å²) in [6, 6.07) is 0. The number of aromatic nitrogens is 3. The van der Waals surface area contributed by atoms with E-state index in [0.717, 1.165) is 55.6 Å². The van der Waals surface area contributed by atoms with E-state index in [1.165, 1.54) is 0 Å². The average molecular weight is 304 g/mol. The van der Waals surface area contributed by atoms with Crippen molar-refractivity contribution in [2.45, 2.75) is 39.3 Å². The van der Waals surface area contributed by atoms with Crippen LogP contribution in [0.25, 0.3) is 0 Å². The fourth-order valence-electron chi connectivity index (χ4n) is 3.10. The summed E-state index contributed by atoms with van der Waals surface area (Å²) in [5.74, 6) is 2.72. The van der Waals surface area contributed by atoms with Crippen LogP contribution in [0.15, 0.2) is 16.8 Å². The van der Waals surface area contributed by atoms with Gasteiger partial charge in [-0.05, 0) is 45.7 Å².